The van der Waals surface area contributed by atoms with Crippen LogP contribution in [-0.4, -0.2) is 36.3 Å². The van der Waals surface area contributed by atoms with Crippen LogP contribution in [0.5, 0.6) is 0 Å². The van der Waals surface area contributed by atoms with Gasteiger partial charge in [0.2, 0.25) is 5.91 Å². The molecule has 0 bridgehead atoms. The molecule has 1 N–H and O–H groups in total. The van der Waals surface area contributed by atoms with Gasteiger partial charge in [-0.25, -0.2) is 4.79 Å². The van der Waals surface area contributed by atoms with Gasteiger partial charge in [0, 0.05) is 12.2 Å². The third-order valence-electron chi connectivity index (χ3n) is 6.06. The van der Waals surface area contributed by atoms with Crippen molar-refractivity contribution in [1.29, 1.82) is 0 Å². The summed E-state index contributed by atoms with van der Waals surface area (Å²) < 4.78 is 4.64. The van der Waals surface area contributed by atoms with Crippen LogP contribution < -0.4 is 5.32 Å². The Morgan fingerprint density at radius 2 is 2.04 bits per heavy atom. The lowest BCUT2D eigenvalue weighted by Gasteiger charge is -2.38. The number of rotatable bonds is 1. The fraction of sp³-hybridized carbons (Fsp3) is 0.550. The Hall–Kier alpha value is -2.37. The molecule has 6 heteroatoms. The Kier molecular flexibility index (Phi) is 4.01. The van der Waals surface area contributed by atoms with E-state index in [2.05, 4.69) is 23.0 Å². The summed E-state index contributed by atoms with van der Waals surface area (Å²) in [5.74, 6) is -0.904. The first-order valence-electron chi connectivity index (χ1n) is 9.27. The van der Waals surface area contributed by atoms with E-state index >= 15 is 0 Å². The zero-order valence-corrected chi connectivity index (χ0v) is 15.2. The summed E-state index contributed by atoms with van der Waals surface area (Å²) in [6, 6.07) is 5.86. The van der Waals surface area contributed by atoms with Crippen molar-refractivity contribution in [3.8, 4) is 0 Å². The average Bonchev–Trinajstić information content (AvgIpc) is 3.41. The van der Waals surface area contributed by atoms with Crippen LogP contribution >= 0.6 is 0 Å². The van der Waals surface area contributed by atoms with E-state index in [4.69, 9.17) is 0 Å². The van der Waals surface area contributed by atoms with Gasteiger partial charge in [0.05, 0.1) is 18.6 Å². The Labute approximate surface area is 152 Å². The van der Waals surface area contributed by atoms with Gasteiger partial charge in [0.15, 0.2) is 0 Å². The fourth-order valence-electron chi connectivity index (χ4n) is 4.27. The Morgan fingerprint density at radius 1 is 1.27 bits per heavy atom. The molecule has 1 aromatic carbocycles. The predicted molar refractivity (Wildman–Crippen MR) is 95.3 cm³/mol. The molecule has 2 aliphatic heterocycles. The highest BCUT2D eigenvalue weighted by Crippen LogP contribution is 2.52. The Balaban J connectivity index is 1.64. The fourth-order valence-corrected chi connectivity index (χ4v) is 4.27. The van der Waals surface area contributed by atoms with Crippen molar-refractivity contribution >= 4 is 23.5 Å². The van der Waals surface area contributed by atoms with Crippen LogP contribution in [0.1, 0.15) is 49.8 Å². The highest BCUT2D eigenvalue weighted by molar-refractivity contribution is 6.32. The molecule has 1 saturated heterocycles. The molecule has 4 rings (SSSR count). The van der Waals surface area contributed by atoms with E-state index in [-0.39, 0.29) is 17.4 Å². The summed E-state index contributed by atoms with van der Waals surface area (Å²) in [6.45, 7) is 2.64. The number of likely N-dealkylation sites (tertiary alicyclic amines) is 1. The quantitative estimate of drug-likeness (QED) is 0.619. The van der Waals surface area contributed by atoms with E-state index in [9.17, 15) is 14.4 Å². The largest absolute Gasteiger partial charge is 0.462 e. The molecule has 1 unspecified atom stereocenters. The van der Waals surface area contributed by atoms with Crippen molar-refractivity contribution in [2.45, 2.75) is 45.1 Å². The van der Waals surface area contributed by atoms with E-state index < -0.39 is 11.9 Å². The topological polar surface area (TPSA) is 75.7 Å². The zero-order chi connectivity index (χ0) is 18.5. The lowest BCUT2D eigenvalue weighted by atomic mass is 9.85. The summed E-state index contributed by atoms with van der Waals surface area (Å²) in [4.78, 5) is 38.1. The zero-order valence-electron chi connectivity index (χ0n) is 15.2. The van der Waals surface area contributed by atoms with Gasteiger partial charge < -0.3 is 15.0 Å². The molecule has 3 aliphatic rings. The molecule has 6 nitrogen and oxygen atoms in total. The Bertz CT molecular complexity index is 784. The molecule has 0 aromatic heterocycles. The van der Waals surface area contributed by atoms with Crippen LogP contribution in [0.2, 0.25) is 0 Å². The number of hydrogen-bond acceptors (Lipinski definition) is 4. The second-order valence-corrected chi connectivity index (χ2v) is 7.98. The molecule has 1 aliphatic carbocycles. The van der Waals surface area contributed by atoms with Gasteiger partial charge in [-0.2, -0.15) is 0 Å². The minimum absolute atomic E-state index is 0.129. The molecule has 1 aromatic rings. The van der Waals surface area contributed by atoms with Crippen molar-refractivity contribution in [2.24, 2.45) is 11.3 Å². The van der Waals surface area contributed by atoms with E-state index in [1.54, 1.807) is 4.90 Å². The van der Waals surface area contributed by atoms with Crippen molar-refractivity contribution in [3.63, 3.8) is 0 Å². The first kappa shape index (κ1) is 17.1. The minimum Gasteiger partial charge on any atom is -0.462 e. The third kappa shape index (κ3) is 2.77. The molecular formula is C20H24N2O4. The van der Waals surface area contributed by atoms with E-state index in [0.29, 0.717) is 12.5 Å². The SMILES string of the molecule is COC(=O)C(=O)N1C[C@@H](C)CCC1c1ccc2c(c1)CC1(CC1)C(=O)N2. The molecule has 2 atom stereocenters. The minimum atomic E-state index is -0.814. The summed E-state index contributed by atoms with van der Waals surface area (Å²) in [7, 11) is 1.24. The molecule has 2 amide bonds. The van der Waals surface area contributed by atoms with Gasteiger partial charge in [-0.05, 0) is 55.2 Å². The van der Waals surface area contributed by atoms with Gasteiger partial charge in [0.25, 0.3) is 0 Å². The maximum absolute atomic E-state index is 12.5. The summed E-state index contributed by atoms with van der Waals surface area (Å²) in [5.41, 5.74) is 2.81. The normalized spacial score (nSPS) is 26.1. The number of nitrogens with one attached hydrogen (secondary N) is 1. The standard InChI is InChI=1S/C20H24N2O4/c1-12-3-6-16(22(11-12)17(23)18(24)26-2)13-4-5-15-14(9-13)10-20(7-8-20)19(25)21-15/h4-5,9,12,16H,3,6-8,10-11H2,1-2H3,(H,21,25)/t12-,16?/m0/s1. The number of carbonyl (C=O) groups excluding carboxylic acids is 3. The molecule has 1 saturated carbocycles. The lowest BCUT2D eigenvalue weighted by Crippen LogP contribution is -2.45. The predicted octanol–water partition coefficient (Wildman–Crippen LogP) is 2.43. The third-order valence-corrected chi connectivity index (χ3v) is 6.06. The number of methoxy groups -OCH3 is 1. The van der Waals surface area contributed by atoms with Crippen LogP contribution in [0.4, 0.5) is 5.69 Å². The lowest BCUT2D eigenvalue weighted by molar-refractivity contribution is -0.160. The van der Waals surface area contributed by atoms with Gasteiger partial charge in [-0.3, -0.25) is 9.59 Å². The van der Waals surface area contributed by atoms with Crippen LogP contribution in [0.3, 0.4) is 0 Å². The summed E-state index contributed by atoms with van der Waals surface area (Å²) in [6.07, 6.45) is 4.47. The molecule has 2 heterocycles. The number of hydrogen-bond donors (Lipinski definition) is 1. The van der Waals surface area contributed by atoms with Crippen LogP contribution in [-0.2, 0) is 25.5 Å². The molecular weight excluding hydrogens is 332 g/mol. The van der Waals surface area contributed by atoms with Gasteiger partial charge >= 0.3 is 11.9 Å². The van der Waals surface area contributed by atoms with Crippen molar-refractivity contribution in [3.05, 3.63) is 29.3 Å². The number of amides is 2. The second kappa shape index (κ2) is 6.11. The molecule has 138 valence electrons. The maximum Gasteiger partial charge on any atom is 0.396 e. The molecule has 2 fully saturated rings. The number of benzene rings is 1. The van der Waals surface area contributed by atoms with Gasteiger partial charge in [0.1, 0.15) is 0 Å². The number of piperidine rings is 1. The van der Waals surface area contributed by atoms with Crippen molar-refractivity contribution < 1.29 is 19.1 Å². The first-order valence-corrected chi connectivity index (χ1v) is 9.27. The number of nitrogens with zero attached hydrogens (tertiary/aromatic N) is 1. The van der Waals surface area contributed by atoms with Crippen LogP contribution in [0, 0.1) is 11.3 Å². The summed E-state index contributed by atoms with van der Waals surface area (Å²) in [5, 5.41) is 3.02. The number of ether oxygens (including phenoxy) is 1. The number of esters is 1. The second-order valence-electron chi connectivity index (χ2n) is 7.98. The highest BCUT2D eigenvalue weighted by Gasteiger charge is 2.52. The summed E-state index contributed by atoms with van der Waals surface area (Å²) >= 11 is 0. The van der Waals surface area contributed by atoms with Crippen LogP contribution in [0.25, 0.3) is 0 Å². The molecule has 0 radical (unpaired) electrons. The molecule has 26 heavy (non-hydrogen) atoms. The smallest absolute Gasteiger partial charge is 0.396 e. The van der Waals surface area contributed by atoms with Gasteiger partial charge in [-0.15, -0.1) is 0 Å². The average molecular weight is 356 g/mol. The first-order chi connectivity index (χ1) is 12.4. The number of fused-ring (bicyclic) bond motifs is 1. The van der Waals surface area contributed by atoms with E-state index in [1.807, 2.05) is 12.1 Å². The number of carbonyl (C=O) groups is 3. The van der Waals surface area contributed by atoms with Crippen molar-refractivity contribution in [1.82, 2.24) is 4.90 Å². The number of anilines is 1. The molecule has 1 spiro atoms. The van der Waals surface area contributed by atoms with E-state index in [0.717, 1.165) is 48.9 Å². The van der Waals surface area contributed by atoms with Crippen LogP contribution in [0.15, 0.2) is 18.2 Å². The van der Waals surface area contributed by atoms with Gasteiger partial charge in [-0.1, -0.05) is 19.1 Å². The maximum atomic E-state index is 12.5. The van der Waals surface area contributed by atoms with Crippen molar-refractivity contribution in [2.75, 3.05) is 19.0 Å². The Morgan fingerprint density at radius 3 is 2.73 bits per heavy atom. The monoisotopic (exact) mass is 356 g/mol. The highest BCUT2D eigenvalue weighted by atomic mass is 16.5. The van der Waals surface area contributed by atoms with E-state index in [1.165, 1.54) is 7.11 Å².